The summed E-state index contributed by atoms with van der Waals surface area (Å²) in [5.41, 5.74) is 1.95. The average Bonchev–Trinajstić information content (AvgIpc) is 2.28. The van der Waals surface area contributed by atoms with Crippen LogP contribution in [0, 0.1) is 0 Å². The molecule has 2 aromatic rings. The van der Waals surface area contributed by atoms with Crippen LogP contribution in [-0.4, -0.2) is 11.0 Å². The van der Waals surface area contributed by atoms with Crippen molar-refractivity contribution in [2.24, 2.45) is 0 Å². The molecule has 82 valence electrons. The Hall–Kier alpha value is -1.54. The number of hydrogen-bond donors (Lipinski definition) is 1. The summed E-state index contributed by atoms with van der Waals surface area (Å²) in [6.45, 7) is 5.80. The summed E-state index contributed by atoms with van der Waals surface area (Å²) in [4.78, 5) is 4.29. The molecule has 2 nitrogen and oxygen atoms in total. The van der Waals surface area contributed by atoms with Crippen LogP contribution in [0.25, 0.3) is 10.9 Å². The number of nitrogens with one attached hydrogen (secondary N) is 1. The molecule has 0 saturated carbocycles. The number of halogens is 1. The highest BCUT2D eigenvalue weighted by Gasteiger charge is 2.03. The monoisotopic (exact) mass is 232 g/mol. The minimum Gasteiger partial charge on any atom is -0.379 e. The molecule has 0 amide bonds. The van der Waals surface area contributed by atoms with Crippen LogP contribution in [0.1, 0.15) is 6.92 Å². The van der Waals surface area contributed by atoms with E-state index in [0.717, 1.165) is 16.6 Å². The maximum Gasteiger partial charge on any atom is 0.0737 e. The van der Waals surface area contributed by atoms with E-state index >= 15 is 0 Å². The van der Waals surface area contributed by atoms with E-state index in [1.807, 2.05) is 30.3 Å². The molecule has 0 aliphatic heterocycles. The number of benzene rings is 1. The third-order valence-corrected chi connectivity index (χ3v) is 2.68. The van der Waals surface area contributed by atoms with Crippen molar-refractivity contribution in [1.29, 1.82) is 0 Å². The SMILES string of the molecule is C=CC(C)Nc1ccnc2cc(Cl)ccc12. The fourth-order valence-electron chi connectivity index (χ4n) is 1.55. The van der Waals surface area contributed by atoms with Gasteiger partial charge in [0.05, 0.1) is 5.52 Å². The number of pyridine rings is 1. The van der Waals surface area contributed by atoms with Crippen molar-refractivity contribution in [3.8, 4) is 0 Å². The Morgan fingerprint density at radius 2 is 2.25 bits per heavy atom. The van der Waals surface area contributed by atoms with E-state index in [4.69, 9.17) is 11.6 Å². The van der Waals surface area contributed by atoms with Gasteiger partial charge in [-0.2, -0.15) is 0 Å². The number of aromatic nitrogens is 1. The highest BCUT2D eigenvalue weighted by atomic mass is 35.5. The minimum atomic E-state index is 0.223. The molecule has 0 spiro atoms. The first-order valence-corrected chi connectivity index (χ1v) is 5.52. The van der Waals surface area contributed by atoms with Crippen molar-refractivity contribution in [3.05, 3.63) is 48.1 Å². The predicted molar refractivity (Wildman–Crippen MR) is 70.0 cm³/mol. The molecular weight excluding hydrogens is 220 g/mol. The van der Waals surface area contributed by atoms with Crippen LogP contribution in [0.2, 0.25) is 5.02 Å². The van der Waals surface area contributed by atoms with E-state index in [1.54, 1.807) is 6.20 Å². The van der Waals surface area contributed by atoms with Crippen molar-refractivity contribution in [3.63, 3.8) is 0 Å². The summed E-state index contributed by atoms with van der Waals surface area (Å²) in [6, 6.07) is 7.89. The van der Waals surface area contributed by atoms with Gasteiger partial charge in [-0.05, 0) is 31.2 Å². The molecular formula is C13H13ClN2. The van der Waals surface area contributed by atoms with Crippen molar-refractivity contribution >= 4 is 28.2 Å². The Morgan fingerprint density at radius 1 is 1.44 bits per heavy atom. The molecule has 1 atom stereocenters. The Kier molecular flexibility index (Phi) is 3.11. The van der Waals surface area contributed by atoms with Gasteiger partial charge in [-0.3, -0.25) is 4.98 Å². The van der Waals surface area contributed by atoms with Gasteiger partial charge < -0.3 is 5.32 Å². The Morgan fingerprint density at radius 3 is 3.00 bits per heavy atom. The first-order valence-electron chi connectivity index (χ1n) is 5.14. The van der Waals surface area contributed by atoms with Crippen molar-refractivity contribution in [2.45, 2.75) is 13.0 Å². The molecule has 1 heterocycles. The molecule has 0 saturated heterocycles. The molecule has 1 N–H and O–H groups in total. The molecule has 0 aliphatic rings. The predicted octanol–water partition coefficient (Wildman–Crippen LogP) is 3.87. The standard InChI is InChI=1S/C13H13ClN2/c1-3-9(2)16-12-6-7-15-13-8-10(14)4-5-11(12)13/h3-9H,1H2,2H3,(H,15,16). The second kappa shape index (κ2) is 4.54. The molecule has 0 radical (unpaired) electrons. The van der Waals surface area contributed by atoms with Gasteiger partial charge in [-0.15, -0.1) is 6.58 Å². The zero-order chi connectivity index (χ0) is 11.5. The second-order valence-electron chi connectivity index (χ2n) is 3.69. The number of rotatable bonds is 3. The van der Waals surface area contributed by atoms with Crippen LogP contribution in [0.15, 0.2) is 43.1 Å². The zero-order valence-electron chi connectivity index (χ0n) is 9.07. The average molecular weight is 233 g/mol. The van der Waals surface area contributed by atoms with Crippen molar-refractivity contribution in [2.75, 3.05) is 5.32 Å². The van der Waals surface area contributed by atoms with Gasteiger partial charge in [0.15, 0.2) is 0 Å². The van der Waals surface area contributed by atoms with Gasteiger partial charge in [-0.1, -0.05) is 17.7 Å². The molecule has 3 heteroatoms. The maximum atomic E-state index is 5.93. The van der Waals surface area contributed by atoms with E-state index in [-0.39, 0.29) is 6.04 Å². The Labute approximate surface area is 100.0 Å². The van der Waals surface area contributed by atoms with E-state index in [9.17, 15) is 0 Å². The second-order valence-corrected chi connectivity index (χ2v) is 4.13. The zero-order valence-corrected chi connectivity index (χ0v) is 9.83. The smallest absolute Gasteiger partial charge is 0.0737 e. The molecule has 1 aromatic carbocycles. The number of nitrogens with zero attached hydrogens (tertiary/aromatic N) is 1. The van der Waals surface area contributed by atoms with Gasteiger partial charge in [0, 0.05) is 28.3 Å². The van der Waals surface area contributed by atoms with Gasteiger partial charge >= 0.3 is 0 Å². The lowest BCUT2D eigenvalue weighted by Crippen LogP contribution is -2.11. The van der Waals surface area contributed by atoms with Crippen molar-refractivity contribution < 1.29 is 0 Å². The summed E-state index contributed by atoms with van der Waals surface area (Å²) in [6.07, 6.45) is 3.64. The fourth-order valence-corrected chi connectivity index (χ4v) is 1.72. The lowest BCUT2D eigenvalue weighted by molar-refractivity contribution is 1.00. The van der Waals surface area contributed by atoms with Crippen LogP contribution >= 0.6 is 11.6 Å². The Bertz CT molecular complexity index is 522. The van der Waals surface area contributed by atoms with Crippen molar-refractivity contribution in [1.82, 2.24) is 4.98 Å². The summed E-state index contributed by atoms with van der Waals surface area (Å²) in [5.74, 6) is 0. The lowest BCUT2D eigenvalue weighted by atomic mass is 10.1. The van der Waals surface area contributed by atoms with E-state index in [2.05, 4.69) is 23.8 Å². The van der Waals surface area contributed by atoms with Gasteiger partial charge in [0.25, 0.3) is 0 Å². The third-order valence-electron chi connectivity index (χ3n) is 2.44. The van der Waals surface area contributed by atoms with Crippen LogP contribution in [-0.2, 0) is 0 Å². The van der Waals surface area contributed by atoms with Gasteiger partial charge in [-0.25, -0.2) is 0 Å². The fraction of sp³-hybridized carbons (Fsp3) is 0.154. The first kappa shape index (κ1) is 11.0. The van der Waals surface area contributed by atoms with E-state index in [0.29, 0.717) is 5.02 Å². The van der Waals surface area contributed by atoms with Crippen LogP contribution < -0.4 is 5.32 Å². The van der Waals surface area contributed by atoms with Crippen LogP contribution in [0.3, 0.4) is 0 Å². The molecule has 1 unspecified atom stereocenters. The first-order chi connectivity index (χ1) is 7.70. The van der Waals surface area contributed by atoms with Crippen LogP contribution in [0.4, 0.5) is 5.69 Å². The molecule has 0 fully saturated rings. The molecule has 16 heavy (non-hydrogen) atoms. The quantitative estimate of drug-likeness (QED) is 0.813. The highest BCUT2D eigenvalue weighted by molar-refractivity contribution is 6.31. The normalized spacial score (nSPS) is 12.4. The minimum absolute atomic E-state index is 0.223. The van der Waals surface area contributed by atoms with E-state index in [1.165, 1.54) is 0 Å². The molecule has 2 rings (SSSR count). The highest BCUT2D eigenvalue weighted by Crippen LogP contribution is 2.24. The van der Waals surface area contributed by atoms with Crippen LogP contribution in [0.5, 0.6) is 0 Å². The number of anilines is 1. The largest absolute Gasteiger partial charge is 0.379 e. The Balaban J connectivity index is 2.49. The van der Waals surface area contributed by atoms with Gasteiger partial charge in [0.1, 0.15) is 0 Å². The maximum absolute atomic E-state index is 5.93. The molecule has 1 aromatic heterocycles. The summed E-state index contributed by atoms with van der Waals surface area (Å²) in [7, 11) is 0. The molecule has 0 bridgehead atoms. The molecule has 0 aliphatic carbocycles. The summed E-state index contributed by atoms with van der Waals surface area (Å²) < 4.78 is 0. The third kappa shape index (κ3) is 2.17. The summed E-state index contributed by atoms with van der Waals surface area (Å²) in [5, 5.41) is 5.13. The van der Waals surface area contributed by atoms with Gasteiger partial charge in [0.2, 0.25) is 0 Å². The number of fused-ring (bicyclic) bond motifs is 1. The lowest BCUT2D eigenvalue weighted by Gasteiger charge is -2.12. The van der Waals surface area contributed by atoms with E-state index < -0.39 is 0 Å². The summed E-state index contributed by atoms with van der Waals surface area (Å²) >= 11 is 5.93. The topological polar surface area (TPSA) is 24.9 Å². The number of hydrogen-bond acceptors (Lipinski definition) is 2.